The molecule has 0 aromatic heterocycles. The van der Waals surface area contributed by atoms with Crippen LogP contribution in [0.25, 0.3) is 0 Å². The molecule has 0 spiro atoms. The van der Waals surface area contributed by atoms with E-state index in [0.717, 1.165) is 5.75 Å². The molecule has 1 rings (SSSR count). The van der Waals surface area contributed by atoms with Gasteiger partial charge in [-0.3, -0.25) is 14.9 Å². The van der Waals surface area contributed by atoms with Crippen LogP contribution < -0.4 is 5.32 Å². The molecule has 116 valence electrons. The summed E-state index contributed by atoms with van der Waals surface area (Å²) >= 11 is 4.13. The van der Waals surface area contributed by atoms with Crippen LogP contribution in [0, 0.1) is 5.92 Å². The second-order valence-corrected chi connectivity index (χ2v) is 5.80. The van der Waals surface area contributed by atoms with Gasteiger partial charge in [-0.05, 0) is 32.6 Å². The molecule has 0 bridgehead atoms. The molecular weight excluding hydrogens is 274 g/mol. The zero-order chi connectivity index (χ0) is 15.7. The molecular formula is C15H27NO3S. The largest absolute Gasteiger partial charge is 0.374 e. The van der Waals surface area contributed by atoms with Crippen molar-refractivity contribution in [2.75, 3.05) is 5.75 Å². The van der Waals surface area contributed by atoms with Gasteiger partial charge in [0.25, 0.3) is 5.91 Å². The molecule has 2 amide bonds. The number of nitrogens with one attached hydrogen (secondary N) is 1. The van der Waals surface area contributed by atoms with Gasteiger partial charge in [0.05, 0.1) is 12.2 Å². The van der Waals surface area contributed by atoms with Gasteiger partial charge in [-0.2, -0.15) is 12.6 Å². The van der Waals surface area contributed by atoms with E-state index in [1.165, 1.54) is 19.8 Å². The first-order valence-corrected chi connectivity index (χ1v) is 7.66. The molecule has 5 heteroatoms. The van der Waals surface area contributed by atoms with Gasteiger partial charge in [0.15, 0.2) is 0 Å². The van der Waals surface area contributed by atoms with E-state index in [-0.39, 0.29) is 11.8 Å². The van der Waals surface area contributed by atoms with Gasteiger partial charge in [0.2, 0.25) is 5.91 Å². The summed E-state index contributed by atoms with van der Waals surface area (Å²) in [6.45, 7) is 9.08. The van der Waals surface area contributed by atoms with Crippen LogP contribution in [0.1, 0.15) is 47.5 Å². The Morgan fingerprint density at radius 3 is 2.25 bits per heavy atom. The first-order chi connectivity index (χ1) is 9.26. The second-order valence-electron chi connectivity index (χ2n) is 5.43. The predicted octanol–water partition coefficient (Wildman–Crippen LogP) is 2.74. The van der Waals surface area contributed by atoms with E-state index in [4.69, 9.17) is 4.74 Å². The fraction of sp³-hybridized carbons (Fsp3) is 0.733. The average molecular weight is 301 g/mol. The van der Waals surface area contributed by atoms with E-state index in [1.54, 1.807) is 6.92 Å². The molecule has 1 N–H and O–H groups in total. The summed E-state index contributed by atoms with van der Waals surface area (Å²) in [5.74, 6) is 0.570. The smallest absolute Gasteiger partial charge is 0.253 e. The van der Waals surface area contributed by atoms with Crippen molar-refractivity contribution >= 4 is 24.4 Å². The first-order valence-electron chi connectivity index (χ1n) is 7.02. The van der Waals surface area contributed by atoms with Gasteiger partial charge >= 0.3 is 0 Å². The Morgan fingerprint density at radius 2 is 1.95 bits per heavy atom. The predicted molar refractivity (Wildman–Crippen MR) is 84.8 cm³/mol. The van der Waals surface area contributed by atoms with Crippen LogP contribution in [-0.2, 0) is 14.3 Å². The SMILES string of the molecule is CC(=O)NC(=O)/C(C)=C\C(C)C.CC1CCC(CS)O1. The Balaban J connectivity index is 0.000000388. The van der Waals surface area contributed by atoms with E-state index < -0.39 is 0 Å². The van der Waals surface area contributed by atoms with E-state index >= 15 is 0 Å². The van der Waals surface area contributed by atoms with Crippen molar-refractivity contribution < 1.29 is 14.3 Å². The van der Waals surface area contributed by atoms with Gasteiger partial charge in [-0.15, -0.1) is 0 Å². The third-order valence-corrected chi connectivity index (χ3v) is 3.16. The fourth-order valence-corrected chi connectivity index (χ4v) is 2.12. The summed E-state index contributed by atoms with van der Waals surface area (Å²) in [5.41, 5.74) is 0.584. The fourth-order valence-electron chi connectivity index (χ4n) is 1.85. The van der Waals surface area contributed by atoms with E-state index in [9.17, 15) is 9.59 Å². The van der Waals surface area contributed by atoms with Crippen molar-refractivity contribution in [3.63, 3.8) is 0 Å². The second kappa shape index (κ2) is 10.00. The Hall–Kier alpha value is -0.810. The van der Waals surface area contributed by atoms with Crippen molar-refractivity contribution in [2.24, 2.45) is 5.92 Å². The number of imide groups is 1. The summed E-state index contributed by atoms with van der Waals surface area (Å²) in [5, 5.41) is 2.20. The molecule has 0 aromatic carbocycles. The summed E-state index contributed by atoms with van der Waals surface area (Å²) < 4.78 is 5.43. The van der Waals surface area contributed by atoms with Crippen LogP contribution in [-0.4, -0.2) is 29.8 Å². The molecule has 2 atom stereocenters. The van der Waals surface area contributed by atoms with Gasteiger partial charge < -0.3 is 4.74 Å². The van der Waals surface area contributed by atoms with Crippen LogP contribution in [0.5, 0.6) is 0 Å². The molecule has 20 heavy (non-hydrogen) atoms. The maximum Gasteiger partial charge on any atom is 0.253 e. The number of ether oxygens (including phenoxy) is 1. The lowest BCUT2D eigenvalue weighted by Crippen LogP contribution is -2.28. The summed E-state index contributed by atoms with van der Waals surface area (Å²) in [6, 6.07) is 0. The van der Waals surface area contributed by atoms with Crippen molar-refractivity contribution in [3.8, 4) is 0 Å². The minimum absolute atomic E-state index is 0.309. The van der Waals surface area contributed by atoms with Crippen molar-refractivity contribution in [1.29, 1.82) is 0 Å². The number of thiol groups is 1. The molecule has 1 fully saturated rings. The maximum atomic E-state index is 11.1. The first kappa shape index (κ1) is 19.2. The van der Waals surface area contributed by atoms with Crippen LogP contribution in [0.2, 0.25) is 0 Å². The lowest BCUT2D eigenvalue weighted by Gasteiger charge is -2.05. The maximum absolute atomic E-state index is 11.1. The van der Waals surface area contributed by atoms with Gasteiger partial charge in [-0.1, -0.05) is 19.9 Å². The van der Waals surface area contributed by atoms with E-state index in [1.807, 2.05) is 19.9 Å². The molecule has 0 saturated carbocycles. The van der Waals surface area contributed by atoms with Crippen LogP contribution >= 0.6 is 12.6 Å². The number of allylic oxidation sites excluding steroid dienone is 1. The molecule has 4 nitrogen and oxygen atoms in total. The topological polar surface area (TPSA) is 55.4 Å². The van der Waals surface area contributed by atoms with Gasteiger partial charge in [0, 0.05) is 18.2 Å². The van der Waals surface area contributed by atoms with Gasteiger partial charge in [0.1, 0.15) is 0 Å². The molecule has 1 saturated heterocycles. The molecule has 1 aliphatic heterocycles. The highest BCUT2D eigenvalue weighted by Gasteiger charge is 2.19. The lowest BCUT2D eigenvalue weighted by molar-refractivity contribution is -0.127. The molecule has 0 radical (unpaired) electrons. The van der Waals surface area contributed by atoms with Crippen LogP contribution in [0.3, 0.4) is 0 Å². The quantitative estimate of drug-likeness (QED) is 0.622. The highest BCUT2D eigenvalue weighted by atomic mass is 32.1. The Kier molecular flexibility index (Phi) is 9.59. The van der Waals surface area contributed by atoms with Crippen molar-refractivity contribution in [3.05, 3.63) is 11.6 Å². The van der Waals surface area contributed by atoms with Crippen molar-refractivity contribution in [2.45, 2.75) is 59.7 Å². The number of rotatable bonds is 3. The van der Waals surface area contributed by atoms with Crippen molar-refractivity contribution in [1.82, 2.24) is 5.32 Å². The normalized spacial score (nSPS) is 22.2. The average Bonchev–Trinajstić information content (AvgIpc) is 2.74. The van der Waals surface area contributed by atoms with Crippen LogP contribution in [0.15, 0.2) is 11.6 Å². The van der Waals surface area contributed by atoms with Gasteiger partial charge in [-0.25, -0.2) is 0 Å². The highest BCUT2D eigenvalue weighted by molar-refractivity contribution is 7.80. The Morgan fingerprint density at radius 1 is 1.35 bits per heavy atom. The Labute approximate surface area is 127 Å². The number of hydrogen-bond acceptors (Lipinski definition) is 4. The summed E-state index contributed by atoms with van der Waals surface area (Å²) in [4.78, 5) is 21.6. The molecule has 2 unspecified atom stereocenters. The molecule has 0 aliphatic carbocycles. The summed E-state index contributed by atoms with van der Waals surface area (Å²) in [7, 11) is 0. The lowest BCUT2D eigenvalue weighted by atomic mass is 10.1. The molecule has 1 aliphatic rings. The van der Waals surface area contributed by atoms with E-state index in [2.05, 4.69) is 24.9 Å². The number of carbonyl (C=O) groups excluding carboxylic acids is 2. The summed E-state index contributed by atoms with van der Waals surface area (Å²) in [6.07, 6.45) is 5.15. The minimum atomic E-state index is -0.323. The monoisotopic (exact) mass is 301 g/mol. The van der Waals surface area contributed by atoms with E-state index in [0.29, 0.717) is 23.7 Å². The molecule has 0 aromatic rings. The third-order valence-electron chi connectivity index (χ3n) is 2.75. The Bertz CT molecular complexity index is 353. The van der Waals surface area contributed by atoms with Crippen LogP contribution in [0.4, 0.5) is 0 Å². The molecule has 1 heterocycles. The zero-order valence-corrected chi connectivity index (χ0v) is 14.0. The number of hydrogen-bond donors (Lipinski definition) is 2. The third kappa shape index (κ3) is 9.15. The zero-order valence-electron chi connectivity index (χ0n) is 13.1. The highest BCUT2D eigenvalue weighted by Crippen LogP contribution is 2.19. The number of amides is 2. The minimum Gasteiger partial charge on any atom is -0.374 e. The number of carbonyl (C=O) groups is 2. The standard InChI is InChI=1S/C9H15NO2.C6H12OS/c1-6(2)5-7(3)9(12)10-8(4)11;1-5-2-3-6(4-8)7-5/h5-6H,1-4H3,(H,10,11,12);5-6,8H,2-4H2,1H3/b7-5-;.